The molecule has 114 valence electrons. The van der Waals surface area contributed by atoms with E-state index in [-0.39, 0.29) is 0 Å². The van der Waals surface area contributed by atoms with Gasteiger partial charge in [-0.05, 0) is 47.5 Å². The van der Waals surface area contributed by atoms with E-state index in [0.717, 1.165) is 45.7 Å². The Kier molecular flexibility index (Phi) is 5.98. The molecule has 0 unspecified atom stereocenters. The van der Waals surface area contributed by atoms with Crippen molar-refractivity contribution >= 4 is 31.9 Å². The Morgan fingerprint density at radius 2 is 2.05 bits per heavy atom. The van der Waals surface area contributed by atoms with Crippen LogP contribution in [0.5, 0.6) is 0 Å². The van der Waals surface area contributed by atoms with E-state index < -0.39 is 0 Å². The van der Waals surface area contributed by atoms with Crippen LogP contribution in [0.3, 0.4) is 0 Å². The molecule has 2 rings (SSSR count). The molecule has 0 spiro atoms. The summed E-state index contributed by atoms with van der Waals surface area (Å²) in [6.45, 7) is 6.42. The summed E-state index contributed by atoms with van der Waals surface area (Å²) in [6, 6.07) is 6.30. The van der Waals surface area contributed by atoms with Crippen LogP contribution in [0.25, 0.3) is 5.69 Å². The zero-order valence-corrected chi connectivity index (χ0v) is 15.6. The van der Waals surface area contributed by atoms with Crippen molar-refractivity contribution in [1.82, 2.24) is 15.1 Å². The Balaban J connectivity index is 2.16. The molecule has 0 radical (unpaired) electrons. The number of benzene rings is 1. The number of aromatic nitrogens is 2. The molecule has 2 aromatic rings. The van der Waals surface area contributed by atoms with Gasteiger partial charge in [-0.15, -0.1) is 0 Å². The van der Waals surface area contributed by atoms with Crippen LogP contribution in [0.1, 0.15) is 17.0 Å². The van der Waals surface area contributed by atoms with Gasteiger partial charge in [-0.1, -0.05) is 22.0 Å². The highest BCUT2D eigenvalue weighted by Crippen LogP contribution is 2.26. The van der Waals surface area contributed by atoms with Crippen LogP contribution in [-0.4, -0.2) is 30.0 Å². The molecule has 1 heterocycles. The quantitative estimate of drug-likeness (QED) is 0.728. The van der Waals surface area contributed by atoms with E-state index in [1.165, 1.54) is 5.56 Å². The standard InChI is InChI=1S/C15H19Br2N3O/c1-10-15(17)11(2)20(19-10)13-5-4-12(14(16)8-13)9-18-6-7-21-3/h4-5,8,18H,6-7,9H2,1-3H3. The number of aryl methyl sites for hydroxylation is 1. The summed E-state index contributed by atoms with van der Waals surface area (Å²) in [6.07, 6.45) is 0. The van der Waals surface area contributed by atoms with E-state index in [4.69, 9.17) is 4.74 Å². The predicted octanol–water partition coefficient (Wildman–Crippen LogP) is 3.75. The predicted molar refractivity (Wildman–Crippen MR) is 92.0 cm³/mol. The van der Waals surface area contributed by atoms with Crippen molar-refractivity contribution in [3.8, 4) is 5.69 Å². The van der Waals surface area contributed by atoms with Crippen LogP contribution in [0.4, 0.5) is 0 Å². The van der Waals surface area contributed by atoms with E-state index in [2.05, 4.69) is 67.4 Å². The van der Waals surface area contributed by atoms with Crippen LogP contribution in [0.2, 0.25) is 0 Å². The van der Waals surface area contributed by atoms with Gasteiger partial charge in [0, 0.05) is 24.7 Å². The molecule has 0 atom stereocenters. The zero-order valence-electron chi connectivity index (χ0n) is 12.4. The Morgan fingerprint density at radius 1 is 1.29 bits per heavy atom. The Labute approximate surface area is 142 Å². The second-order valence-electron chi connectivity index (χ2n) is 4.84. The third-order valence-electron chi connectivity index (χ3n) is 3.28. The average Bonchev–Trinajstić information content (AvgIpc) is 2.72. The van der Waals surface area contributed by atoms with Gasteiger partial charge in [0.25, 0.3) is 0 Å². The first-order valence-electron chi connectivity index (χ1n) is 6.74. The molecule has 1 N–H and O–H groups in total. The highest BCUT2D eigenvalue weighted by atomic mass is 79.9. The molecule has 0 aliphatic heterocycles. The van der Waals surface area contributed by atoms with Gasteiger partial charge >= 0.3 is 0 Å². The summed E-state index contributed by atoms with van der Waals surface area (Å²) in [5.41, 5.74) is 4.36. The third-order valence-corrected chi connectivity index (χ3v) is 5.17. The molecule has 0 amide bonds. The van der Waals surface area contributed by atoms with Crippen LogP contribution in [-0.2, 0) is 11.3 Å². The lowest BCUT2D eigenvalue weighted by atomic mass is 10.2. The van der Waals surface area contributed by atoms with Crippen molar-refractivity contribution in [2.45, 2.75) is 20.4 Å². The molecule has 0 fully saturated rings. The number of halogens is 2. The van der Waals surface area contributed by atoms with Crippen LogP contribution in [0.15, 0.2) is 27.1 Å². The average molecular weight is 417 g/mol. The van der Waals surface area contributed by atoms with Crippen LogP contribution >= 0.6 is 31.9 Å². The molecule has 1 aromatic heterocycles. The van der Waals surface area contributed by atoms with Gasteiger partial charge in [0.05, 0.1) is 28.2 Å². The summed E-state index contributed by atoms with van der Waals surface area (Å²) in [5.74, 6) is 0. The van der Waals surface area contributed by atoms with Gasteiger partial charge in [0.15, 0.2) is 0 Å². The first-order chi connectivity index (χ1) is 10.0. The SMILES string of the molecule is COCCNCc1ccc(-n2nc(C)c(Br)c2C)cc1Br. The largest absolute Gasteiger partial charge is 0.383 e. The molecular weight excluding hydrogens is 398 g/mol. The number of hydrogen-bond acceptors (Lipinski definition) is 3. The number of nitrogens with zero attached hydrogens (tertiary/aromatic N) is 2. The minimum Gasteiger partial charge on any atom is -0.383 e. The number of hydrogen-bond donors (Lipinski definition) is 1. The van der Waals surface area contributed by atoms with Crippen LogP contribution in [0, 0.1) is 13.8 Å². The van der Waals surface area contributed by atoms with Crippen molar-refractivity contribution in [2.75, 3.05) is 20.3 Å². The summed E-state index contributed by atoms with van der Waals surface area (Å²) < 4.78 is 9.11. The number of methoxy groups -OCH3 is 1. The summed E-state index contributed by atoms with van der Waals surface area (Å²) >= 11 is 7.20. The smallest absolute Gasteiger partial charge is 0.0743 e. The molecule has 21 heavy (non-hydrogen) atoms. The van der Waals surface area contributed by atoms with Gasteiger partial charge in [-0.25, -0.2) is 4.68 Å². The van der Waals surface area contributed by atoms with Gasteiger partial charge < -0.3 is 10.1 Å². The maximum absolute atomic E-state index is 5.02. The lowest BCUT2D eigenvalue weighted by molar-refractivity contribution is 0.199. The molecular formula is C15H19Br2N3O. The van der Waals surface area contributed by atoms with E-state index in [0.29, 0.717) is 0 Å². The molecule has 6 heteroatoms. The molecule has 0 saturated carbocycles. The molecule has 0 bridgehead atoms. The fourth-order valence-electron chi connectivity index (χ4n) is 2.08. The van der Waals surface area contributed by atoms with Crippen molar-refractivity contribution in [1.29, 1.82) is 0 Å². The Morgan fingerprint density at radius 3 is 2.62 bits per heavy atom. The monoisotopic (exact) mass is 415 g/mol. The Bertz CT molecular complexity index is 626. The molecule has 0 saturated heterocycles. The lowest BCUT2D eigenvalue weighted by Crippen LogP contribution is -2.18. The second kappa shape index (κ2) is 7.54. The van der Waals surface area contributed by atoms with Crippen LogP contribution < -0.4 is 5.32 Å². The third kappa shape index (κ3) is 3.94. The van der Waals surface area contributed by atoms with Gasteiger partial charge in [-0.3, -0.25) is 0 Å². The lowest BCUT2D eigenvalue weighted by Gasteiger charge is -2.10. The summed E-state index contributed by atoms with van der Waals surface area (Å²) in [5, 5.41) is 7.90. The van der Waals surface area contributed by atoms with Crippen molar-refractivity contribution in [3.05, 3.63) is 44.1 Å². The molecule has 0 aliphatic rings. The summed E-state index contributed by atoms with van der Waals surface area (Å²) in [7, 11) is 1.71. The molecule has 0 aliphatic carbocycles. The maximum atomic E-state index is 5.02. The van der Waals surface area contributed by atoms with E-state index in [1.54, 1.807) is 7.11 Å². The maximum Gasteiger partial charge on any atom is 0.0743 e. The van der Waals surface area contributed by atoms with E-state index >= 15 is 0 Å². The zero-order chi connectivity index (χ0) is 15.4. The van der Waals surface area contributed by atoms with Crippen molar-refractivity contribution in [2.24, 2.45) is 0 Å². The van der Waals surface area contributed by atoms with Gasteiger partial charge in [0.2, 0.25) is 0 Å². The fourth-order valence-corrected chi connectivity index (χ4v) is 2.84. The van der Waals surface area contributed by atoms with Crippen molar-refractivity contribution in [3.63, 3.8) is 0 Å². The highest BCUT2D eigenvalue weighted by Gasteiger charge is 2.11. The normalized spacial score (nSPS) is 11.1. The summed E-state index contributed by atoms with van der Waals surface area (Å²) in [4.78, 5) is 0. The molecule has 4 nitrogen and oxygen atoms in total. The minimum atomic E-state index is 0.718. The van der Waals surface area contributed by atoms with Crippen molar-refractivity contribution < 1.29 is 4.74 Å². The first-order valence-corrected chi connectivity index (χ1v) is 8.33. The second-order valence-corrected chi connectivity index (χ2v) is 6.49. The minimum absolute atomic E-state index is 0.718. The number of nitrogens with one attached hydrogen (secondary N) is 1. The Hall–Kier alpha value is -0.690. The van der Waals surface area contributed by atoms with E-state index in [1.807, 2.05) is 11.6 Å². The van der Waals surface area contributed by atoms with Gasteiger partial charge in [0.1, 0.15) is 0 Å². The first kappa shape index (κ1) is 16.7. The number of rotatable bonds is 6. The fraction of sp³-hybridized carbons (Fsp3) is 0.400. The molecule has 1 aromatic carbocycles. The van der Waals surface area contributed by atoms with E-state index in [9.17, 15) is 0 Å². The topological polar surface area (TPSA) is 39.1 Å². The highest BCUT2D eigenvalue weighted by molar-refractivity contribution is 9.10. The van der Waals surface area contributed by atoms with Gasteiger partial charge in [-0.2, -0.15) is 5.10 Å². The number of ether oxygens (including phenoxy) is 1.